The summed E-state index contributed by atoms with van der Waals surface area (Å²) >= 11 is 1.38. The molecule has 0 bridgehead atoms. The van der Waals surface area contributed by atoms with Crippen LogP contribution in [0.5, 0.6) is 0 Å². The third kappa shape index (κ3) is 5.06. The van der Waals surface area contributed by atoms with Gasteiger partial charge in [0.1, 0.15) is 4.90 Å². The third-order valence-corrected chi connectivity index (χ3v) is 8.36. The first-order valence-electron chi connectivity index (χ1n) is 10.1. The smallest absolute Gasteiger partial charge is 0.244 e. The third-order valence-electron chi connectivity index (χ3n) is 5.44. The number of piperazine rings is 1. The van der Waals surface area contributed by atoms with Crippen LogP contribution >= 0.6 is 11.8 Å². The highest BCUT2D eigenvalue weighted by Crippen LogP contribution is 2.25. The van der Waals surface area contributed by atoms with Gasteiger partial charge in [0, 0.05) is 45.5 Å². The number of carbonyl (C=O) groups excluding carboxylic acids is 1. The molecular weight excluding hydrogens is 396 g/mol. The fourth-order valence-electron chi connectivity index (χ4n) is 3.62. The molecule has 1 amide bonds. The van der Waals surface area contributed by atoms with E-state index in [1.807, 2.05) is 11.8 Å². The summed E-state index contributed by atoms with van der Waals surface area (Å²) in [5.74, 6) is 0.118. The summed E-state index contributed by atoms with van der Waals surface area (Å²) < 4.78 is 26.9. The van der Waals surface area contributed by atoms with Crippen molar-refractivity contribution in [3.05, 3.63) is 18.3 Å². The van der Waals surface area contributed by atoms with Gasteiger partial charge < -0.3 is 9.80 Å². The van der Waals surface area contributed by atoms with Crippen LogP contribution in [-0.4, -0.2) is 84.5 Å². The Morgan fingerprint density at radius 1 is 1.11 bits per heavy atom. The number of pyridine rings is 1. The number of carbonyl (C=O) groups is 1. The Morgan fingerprint density at radius 3 is 2.36 bits per heavy atom. The SMILES string of the molecule is CCN1CCN(C(=O)C(C)Sc2ccc(S(=O)(=O)N3CCCCC3)cn2)CC1. The van der Waals surface area contributed by atoms with E-state index in [0.29, 0.717) is 18.1 Å². The second-order valence-electron chi connectivity index (χ2n) is 7.32. The molecule has 0 radical (unpaired) electrons. The lowest BCUT2D eigenvalue weighted by Gasteiger charge is -2.35. The van der Waals surface area contributed by atoms with Crippen LogP contribution in [0.1, 0.15) is 33.1 Å². The molecule has 2 aliphatic heterocycles. The summed E-state index contributed by atoms with van der Waals surface area (Å²) in [6.45, 7) is 9.56. The van der Waals surface area contributed by atoms with E-state index in [-0.39, 0.29) is 16.1 Å². The molecule has 28 heavy (non-hydrogen) atoms. The van der Waals surface area contributed by atoms with Crippen LogP contribution in [0.3, 0.4) is 0 Å². The summed E-state index contributed by atoms with van der Waals surface area (Å²) in [6.07, 6.45) is 4.32. The van der Waals surface area contributed by atoms with Crippen LogP contribution in [0.2, 0.25) is 0 Å². The first-order chi connectivity index (χ1) is 13.4. The van der Waals surface area contributed by atoms with Gasteiger partial charge in [0.2, 0.25) is 15.9 Å². The van der Waals surface area contributed by atoms with Crippen LogP contribution in [0.4, 0.5) is 0 Å². The maximum absolute atomic E-state index is 12.7. The summed E-state index contributed by atoms with van der Waals surface area (Å²) in [4.78, 5) is 21.5. The Kier molecular flexibility index (Phi) is 7.36. The van der Waals surface area contributed by atoms with Crippen molar-refractivity contribution in [2.45, 2.75) is 48.3 Å². The van der Waals surface area contributed by atoms with E-state index in [0.717, 1.165) is 52.0 Å². The molecule has 3 rings (SSSR count). The normalized spacial score (nSPS) is 20.9. The van der Waals surface area contributed by atoms with Crippen molar-refractivity contribution in [2.75, 3.05) is 45.8 Å². The quantitative estimate of drug-likeness (QED) is 0.647. The average Bonchev–Trinajstić information content (AvgIpc) is 2.74. The fraction of sp³-hybridized carbons (Fsp3) is 0.684. The van der Waals surface area contributed by atoms with E-state index in [1.165, 1.54) is 18.0 Å². The lowest BCUT2D eigenvalue weighted by molar-refractivity contribution is -0.132. The molecule has 1 unspecified atom stereocenters. The molecule has 0 N–H and O–H groups in total. The van der Waals surface area contributed by atoms with Crippen LogP contribution < -0.4 is 0 Å². The van der Waals surface area contributed by atoms with Gasteiger partial charge in [-0.2, -0.15) is 4.31 Å². The minimum Gasteiger partial charge on any atom is -0.339 e. The molecule has 156 valence electrons. The Labute approximate surface area is 172 Å². The highest BCUT2D eigenvalue weighted by molar-refractivity contribution is 8.00. The molecule has 2 aliphatic rings. The van der Waals surface area contributed by atoms with Crippen molar-refractivity contribution in [3.8, 4) is 0 Å². The molecule has 7 nitrogen and oxygen atoms in total. The second kappa shape index (κ2) is 9.56. The molecule has 0 aromatic carbocycles. The lowest BCUT2D eigenvalue weighted by Crippen LogP contribution is -2.50. The lowest BCUT2D eigenvalue weighted by atomic mass is 10.2. The summed E-state index contributed by atoms with van der Waals surface area (Å²) in [7, 11) is -3.47. The Hall–Kier alpha value is -1.16. The number of aromatic nitrogens is 1. The Morgan fingerprint density at radius 2 is 1.79 bits per heavy atom. The molecule has 0 saturated carbocycles. The Balaban J connectivity index is 1.58. The second-order valence-corrected chi connectivity index (χ2v) is 10.6. The molecule has 1 aromatic rings. The zero-order valence-corrected chi connectivity index (χ0v) is 18.3. The predicted molar refractivity (Wildman–Crippen MR) is 111 cm³/mol. The minimum absolute atomic E-state index is 0.118. The van der Waals surface area contributed by atoms with E-state index in [4.69, 9.17) is 0 Å². The Bertz CT molecular complexity index is 756. The van der Waals surface area contributed by atoms with Gasteiger partial charge in [-0.3, -0.25) is 4.79 Å². The van der Waals surface area contributed by atoms with Crippen molar-refractivity contribution in [1.29, 1.82) is 0 Å². The van der Waals surface area contributed by atoms with Crippen molar-refractivity contribution < 1.29 is 13.2 Å². The first-order valence-corrected chi connectivity index (χ1v) is 12.4. The molecule has 2 saturated heterocycles. The minimum atomic E-state index is -3.47. The maximum atomic E-state index is 12.7. The van der Waals surface area contributed by atoms with Crippen molar-refractivity contribution >= 4 is 27.7 Å². The van der Waals surface area contributed by atoms with Gasteiger partial charge in [0.15, 0.2) is 0 Å². The monoisotopic (exact) mass is 426 g/mol. The maximum Gasteiger partial charge on any atom is 0.244 e. The standard InChI is InChI=1S/C19H30N4O3S2/c1-3-21-11-13-22(14-12-21)19(24)16(2)27-18-8-7-17(15-20-18)28(25,26)23-9-5-4-6-10-23/h7-8,15-16H,3-6,9-14H2,1-2H3. The number of nitrogens with zero attached hydrogens (tertiary/aromatic N) is 4. The van der Waals surface area contributed by atoms with E-state index < -0.39 is 10.0 Å². The number of amides is 1. The van der Waals surface area contributed by atoms with Crippen molar-refractivity contribution in [2.24, 2.45) is 0 Å². The van der Waals surface area contributed by atoms with Gasteiger partial charge in [-0.1, -0.05) is 25.1 Å². The van der Waals surface area contributed by atoms with Crippen molar-refractivity contribution in [1.82, 2.24) is 19.1 Å². The van der Waals surface area contributed by atoms with Crippen LogP contribution in [-0.2, 0) is 14.8 Å². The number of rotatable bonds is 6. The molecule has 1 aromatic heterocycles. The zero-order valence-electron chi connectivity index (χ0n) is 16.7. The number of likely N-dealkylation sites (N-methyl/N-ethyl adjacent to an activating group) is 1. The first kappa shape index (κ1) is 21.5. The number of piperidine rings is 1. The highest BCUT2D eigenvalue weighted by Gasteiger charge is 2.27. The van der Waals surface area contributed by atoms with Gasteiger partial charge in [-0.15, -0.1) is 0 Å². The van der Waals surface area contributed by atoms with Gasteiger partial charge in [0.05, 0.1) is 10.3 Å². The van der Waals surface area contributed by atoms with Crippen LogP contribution in [0.25, 0.3) is 0 Å². The van der Waals surface area contributed by atoms with Gasteiger partial charge >= 0.3 is 0 Å². The van der Waals surface area contributed by atoms with Crippen LogP contribution in [0, 0.1) is 0 Å². The molecular formula is C19H30N4O3S2. The number of hydrogen-bond acceptors (Lipinski definition) is 6. The van der Waals surface area contributed by atoms with Crippen LogP contribution in [0.15, 0.2) is 28.3 Å². The van der Waals surface area contributed by atoms with Gasteiger partial charge in [-0.05, 0) is 38.4 Å². The van der Waals surface area contributed by atoms with Gasteiger partial charge in [-0.25, -0.2) is 13.4 Å². The largest absolute Gasteiger partial charge is 0.339 e. The highest BCUT2D eigenvalue weighted by atomic mass is 32.2. The molecule has 0 aliphatic carbocycles. The summed E-state index contributed by atoms with van der Waals surface area (Å²) in [5.41, 5.74) is 0. The number of thioether (sulfide) groups is 1. The molecule has 9 heteroatoms. The molecule has 0 spiro atoms. The topological polar surface area (TPSA) is 73.8 Å². The number of hydrogen-bond donors (Lipinski definition) is 0. The van der Waals surface area contributed by atoms with Crippen molar-refractivity contribution in [3.63, 3.8) is 0 Å². The number of sulfonamides is 1. The molecule has 3 heterocycles. The van der Waals surface area contributed by atoms with E-state index >= 15 is 0 Å². The average molecular weight is 427 g/mol. The predicted octanol–water partition coefficient (Wildman–Crippen LogP) is 1.90. The van der Waals surface area contributed by atoms with E-state index in [2.05, 4.69) is 16.8 Å². The fourth-order valence-corrected chi connectivity index (χ4v) is 5.95. The van der Waals surface area contributed by atoms with E-state index in [9.17, 15) is 13.2 Å². The molecule has 2 fully saturated rings. The molecule has 1 atom stereocenters. The van der Waals surface area contributed by atoms with E-state index in [1.54, 1.807) is 16.4 Å². The van der Waals surface area contributed by atoms with Gasteiger partial charge in [0.25, 0.3) is 0 Å². The summed E-state index contributed by atoms with van der Waals surface area (Å²) in [6, 6.07) is 3.32. The zero-order chi connectivity index (χ0) is 20.1. The summed E-state index contributed by atoms with van der Waals surface area (Å²) in [5, 5.41) is 0.427.